The van der Waals surface area contributed by atoms with Crippen molar-refractivity contribution >= 4 is 42.9 Å². The Hall–Kier alpha value is -1.47. The van der Waals surface area contributed by atoms with Gasteiger partial charge in [-0.2, -0.15) is 13.2 Å². The zero-order chi connectivity index (χ0) is 15.9. The predicted octanol–water partition coefficient (Wildman–Crippen LogP) is 5.84. The van der Waals surface area contributed by atoms with Gasteiger partial charge in [-0.25, -0.2) is 4.98 Å². The van der Waals surface area contributed by atoms with E-state index in [1.165, 1.54) is 6.20 Å². The quantitative estimate of drug-likeness (QED) is 0.483. The minimum Gasteiger partial charge on any atom is -0.252 e. The van der Waals surface area contributed by atoms with Crippen LogP contribution in [0.4, 0.5) is 13.2 Å². The fraction of sp³-hybridized carbons (Fsp3) is 0.0667. The average Bonchev–Trinajstić information content (AvgIpc) is 2.47. The zero-order valence-corrected chi connectivity index (χ0v) is 14.0. The molecule has 0 unspecified atom stereocenters. The summed E-state index contributed by atoms with van der Waals surface area (Å²) in [7, 11) is 0. The highest BCUT2D eigenvalue weighted by molar-refractivity contribution is 9.11. The normalized spacial score (nSPS) is 11.9. The standard InChI is InChI=1S/C15H7Br2F3N2/c16-10-3-1-8(2-4-10)13-7-21-12-6-9(15(18,19)20)5-11(17)14(12)22-13/h1-7H. The number of rotatable bonds is 1. The molecule has 0 fully saturated rings. The lowest BCUT2D eigenvalue weighted by atomic mass is 10.1. The van der Waals surface area contributed by atoms with E-state index in [0.29, 0.717) is 11.2 Å². The predicted molar refractivity (Wildman–Crippen MR) is 85.4 cm³/mol. The van der Waals surface area contributed by atoms with E-state index >= 15 is 0 Å². The first-order valence-electron chi connectivity index (χ1n) is 6.14. The largest absolute Gasteiger partial charge is 0.416 e. The second kappa shape index (κ2) is 5.62. The van der Waals surface area contributed by atoms with Gasteiger partial charge in [0.05, 0.1) is 23.0 Å². The van der Waals surface area contributed by atoms with E-state index in [4.69, 9.17) is 0 Å². The summed E-state index contributed by atoms with van der Waals surface area (Å²) in [6.45, 7) is 0. The SMILES string of the molecule is FC(F)(F)c1cc(Br)c2nc(-c3ccc(Br)cc3)cnc2c1. The molecule has 7 heteroatoms. The molecule has 0 atom stereocenters. The van der Waals surface area contributed by atoms with Crippen molar-refractivity contribution < 1.29 is 13.2 Å². The molecule has 0 amide bonds. The van der Waals surface area contributed by atoms with Gasteiger partial charge in [-0.05, 0) is 40.2 Å². The van der Waals surface area contributed by atoms with Gasteiger partial charge >= 0.3 is 6.18 Å². The molecule has 0 radical (unpaired) electrons. The molecule has 0 saturated carbocycles. The summed E-state index contributed by atoms with van der Waals surface area (Å²) >= 11 is 6.49. The first kappa shape index (κ1) is 15.4. The van der Waals surface area contributed by atoms with Crippen molar-refractivity contribution in [1.82, 2.24) is 9.97 Å². The van der Waals surface area contributed by atoms with Gasteiger partial charge in [0.25, 0.3) is 0 Å². The van der Waals surface area contributed by atoms with Crippen LogP contribution in [0, 0.1) is 0 Å². The summed E-state index contributed by atoms with van der Waals surface area (Å²) in [6.07, 6.45) is -2.94. The number of alkyl halides is 3. The van der Waals surface area contributed by atoms with E-state index in [2.05, 4.69) is 41.8 Å². The van der Waals surface area contributed by atoms with Gasteiger partial charge < -0.3 is 0 Å². The molecule has 0 saturated heterocycles. The molecule has 1 heterocycles. The number of hydrogen-bond acceptors (Lipinski definition) is 2. The first-order valence-corrected chi connectivity index (χ1v) is 7.72. The first-order chi connectivity index (χ1) is 10.3. The van der Waals surface area contributed by atoms with Crippen molar-refractivity contribution in [2.45, 2.75) is 6.18 Å². The molecule has 112 valence electrons. The summed E-state index contributed by atoms with van der Waals surface area (Å²) < 4.78 is 39.6. The molecular formula is C15H7Br2F3N2. The number of nitrogens with zero attached hydrogens (tertiary/aromatic N) is 2. The Morgan fingerprint density at radius 2 is 1.64 bits per heavy atom. The maximum Gasteiger partial charge on any atom is 0.416 e. The molecule has 0 bridgehead atoms. The molecule has 2 aromatic carbocycles. The Balaban J connectivity index is 2.15. The van der Waals surface area contributed by atoms with Gasteiger partial charge in [-0.15, -0.1) is 0 Å². The molecule has 0 aliphatic rings. The lowest BCUT2D eigenvalue weighted by molar-refractivity contribution is -0.137. The van der Waals surface area contributed by atoms with Crippen LogP contribution in [0.25, 0.3) is 22.3 Å². The van der Waals surface area contributed by atoms with Gasteiger partial charge in [-0.3, -0.25) is 4.98 Å². The van der Waals surface area contributed by atoms with Crippen LogP contribution in [0.5, 0.6) is 0 Å². The third kappa shape index (κ3) is 3.01. The van der Waals surface area contributed by atoms with E-state index in [1.807, 2.05) is 24.3 Å². The van der Waals surface area contributed by atoms with E-state index in [0.717, 1.165) is 22.2 Å². The van der Waals surface area contributed by atoms with Crippen molar-refractivity contribution in [3.8, 4) is 11.3 Å². The summed E-state index contributed by atoms with van der Waals surface area (Å²) in [6, 6.07) is 9.46. The molecule has 3 aromatic rings. The highest BCUT2D eigenvalue weighted by Gasteiger charge is 2.31. The van der Waals surface area contributed by atoms with Gasteiger partial charge in [0.1, 0.15) is 5.52 Å². The molecule has 22 heavy (non-hydrogen) atoms. The number of halogens is 5. The minimum atomic E-state index is -4.41. The van der Waals surface area contributed by atoms with Crippen LogP contribution in [-0.4, -0.2) is 9.97 Å². The number of benzene rings is 2. The molecular weight excluding hydrogens is 425 g/mol. The molecule has 2 nitrogen and oxygen atoms in total. The summed E-state index contributed by atoms with van der Waals surface area (Å²) in [5.74, 6) is 0. The van der Waals surface area contributed by atoms with Crippen molar-refractivity contribution in [1.29, 1.82) is 0 Å². The number of hydrogen-bond donors (Lipinski definition) is 0. The van der Waals surface area contributed by atoms with Gasteiger partial charge in [0, 0.05) is 14.5 Å². The molecule has 1 aromatic heterocycles. The van der Waals surface area contributed by atoms with Gasteiger partial charge in [0.15, 0.2) is 0 Å². The van der Waals surface area contributed by atoms with Crippen LogP contribution in [0.3, 0.4) is 0 Å². The summed E-state index contributed by atoms with van der Waals surface area (Å²) in [5.41, 5.74) is 1.28. The van der Waals surface area contributed by atoms with Crippen LogP contribution in [-0.2, 0) is 6.18 Å². The summed E-state index contributed by atoms with van der Waals surface area (Å²) in [5, 5.41) is 0. The lowest BCUT2D eigenvalue weighted by Gasteiger charge is -2.09. The molecule has 0 spiro atoms. The number of fused-ring (bicyclic) bond motifs is 1. The molecule has 3 rings (SSSR count). The Morgan fingerprint density at radius 3 is 2.27 bits per heavy atom. The Kier molecular flexibility index (Phi) is 3.94. The van der Waals surface area contributed by atoms with Crippen LogP contribution in [0.2, 0.25) is 0 Å². The van der Waals surface area contributed by atoms with Crippen LogP contribution >= 0.6 is 31.9 Å². The van der Waals surface area contributed by atoms with E-state index < -0.39 is 11.7 Å². The fourth-order valence-corrected chi connectivity index (χ4v) is 2.80. The topological polar surface area (TPSA) is 25.8 Å². The highest BCUT2D eigenvalue weighted by Crippen LogP contribution is 2.34. The lowest BCUT2D eigenvalue weighted by Crippen LogP contribution is -2.05. The molecule has 0 N–H and O–H groups in total. The van der Waals surface area contributed by atoms with E-state index in [9.17, 15) is 13.2 Å². The Bertz CT molecular complexity index is 846. The third-order valence-corrected chi connectivity index (χ3v) is 4.20. The maximum atomic E-state index is 12.8. The van der Waals surface area contributed by atoms with Crippen molar-refractivity contribution in [2.24, 2.45) is 0 Å². The van der Waals surface area contributed by atoms with Crippen molar-refractivity contribution in [3.63, 3.8) is 0 Å². The van der Waals surface area contributed by atoms with Crippen LogP contribution < -0.4 is 0 Å². The van der Waals surface area contributed by atoms with Crippen molar-refractivity contribution in [2.75, 3.05) is 0 Å². The minimum absolute atomic E-state index is 0.197. The Labute approximate surface area is 140 Å². The van der Waals surface area contributed by atoms with Gasteiger partial charge in [0.2, 0.25) is 0 Å². The third-order valence-electron chi connectivity index (χ3n) is 3.07. The van der Waals surface area contributed by atoms with E-state index in [-0.39, 0.29) is 9.99 Å². The highest BCUT2D eigenvalue weighted by atomic mass is 79.9. The molecule has 0 aliphatic carbocycles. The monoisotopic (exact) mass is 430 g/mol. The van der Waals surface area contributed by atoms with Crippen molar-refractivity contribution in [3.05, 3.63) is 57.1 Å². The average molecular weight is 432 g/mol. The summed E-state index contributed by atoms with van der Waals surface area (Å²) in [4.78, 5) is 8.52. The van der Waals surface area contributed by atoms with E-state index in [1.54, 1.807) is 0 Å². The second-order valence-corrected chi connectivity index (χ2v) is 6.36. The molecule has 0 aliphatic heterocycles. The fourth-order valence-electron chi connectivity index (χ4n) is 2.00. The smallest absolute Gasteiger partial charge is 0.252 e. The van der Waals surface area contributed by atoms with Gasteiger partial charge in [-0.1, -0.05) is 28.1 Å². The Morgan fingerprint density at radius 1 is 0.955 bits per heavy atom. The zero-order valence-electron chi connectivity index (χ0n) is 10.8. The van der Waals surface area contributed by atoms with Crippen LogP contribution in [0.15, 0.2) is 51.5 Å². The van der Waals surface area contributed by atoms with Crippen LogP contribution in [0.1, 0.15) is 5.56 Å². The number of aromatic nitrogens is 2. The second-order valence-electron chi connectivity index (χ2n) is 4.59. The maximum absolute atomic E-state index is 12.8.